The zero-order valence-corrected chi connectivity index (χ0v) is 10.6. The molecule has 0 heterocycles. The second-order valence-electron chi connectivity index (χ2n) is 3.97. The minimum absolute atomic E-state index is 0.0436. The van der Waals surface area contributed by atoms with Crippen LogP contribution in [0.5, 0.6) is 5.75 Å². The first-order valence-corrected chi connectivity index (χ1v) is 6.70. The summed E-state index contributed by atoms with van der Waals surface area (Å²) in [6.07, 6.45) is 0. The number of rotatable bonds is 3. The molecule has 0 fully saturated rings. The molecule has 6 heteroatoms. The molecule has 1 atom stereocenters. The van der Waals surface area contributed by atoms with Crippen LogP contribution in [0, 0.1) is 11.6 Å². The summed E-state index contributed by atoms with van der Waals surface area (Å²) in [5.41, 5.74) is 5.84. The molecule has 2 rings (SSSR count). The van der Waals surface area contributed by atoms with Crippen molar-refractivity contribution in [3.63, 3.8) is 0 Å². The number of hydrogen-bond acceptors (Lipinski definition) is 3. The number of halogens is 2. The molecule has 0 aliphatic rings. The van der Waals surface area contributed by atoms with Crippen molar-refractivity contribution in [3.8, 4) is 5.75 Å². The Morgan fingerprint density at radius 1 is 1.11 bits per heavy atom. The van der Waals surface area contributed by atoms with Crippen LogP contribution in [0.3, 0.4) is 0 Å². The minimum Gasteiger partial charge on any atom is -0.508 e. The summed E-state index contributed by atoms with van der Waals surface area (Å²) in [5, 5.41) is 9.12. The molecular formula is C13H11F2NO2S. The molecular weight excluding hydrogens is 272 g/mol. The molecule has 1 unspecified atom stereocenters. The van der Waals surface area contributed by atoms with E-state index in [0.717, 1.165) is 12.1 Å². The number of nitrogens with two attached hydrogens (primary N) is 1. The van der Waals surface area contributed by atoms with Gasteiger partial charge in [-0.25, -0.2) is 8.78 Å². The van der Waals surface area contributed by atoms with Crippen LogP contribution >= 0.6 is 0 Å². The average molecular weight is 283 g/mol. The van der Waals surface area contributed by atoms with Crippen LogP contribution in [0.2, 0.25) is 0 Å². The fourth-order valence-electron chi connectivity index (χ4n) is 1.61. The third-order valence-corrected chi connectivity index (χ3v) is 3.92. The second kappa shape index (κ2) is 5.36. The Hall–Kier alpha value is -1.95. The van der Waals surface area contributed by atoms with E-state index in [1.165, 1.54) is 12.1 Å². The summed E-state index contributed by atoms with van der Waals surface area (Å²) in [5.74, 6) is -1.82. The maximum absolute atomic E-state index is 13.6. The fourth-order valence-corrected chi connectivity index (χ4v) is 2.81. The molecule has 0 aromatic heterocycles. The highest BCUT2D eigenvalue weighted by Crippen LogP contribution is 2.23. The van der Waals surface area contributed by atoms with Gasteiger partial charge in [0.15, 0.2) is 0 Å². The lowest BCUT2D eigenvalue weighted by Crippen LogP contribution is -2.04. The van der Waals surface area contributed by atoms with Gasteiger partial charge in [0, 0.05) is 5.69 Å². The van der Waals surface area contributed by atoms with Gasteiger partial charge in [0.2, 0.25) is 0 Å². The Morgan fingerprint density at radius 2 is 1.63 bits per heavy atom. The van der Waals surface area contributed by atoms with Crippen LogP contribution in [-0.4, -0.2) is 9.32 Å². The van der Waals surface area contributed by atoms with E-state index in [4.69, 9.17) is 10.8 Å². The van der Waals surface area contributed by atoms with E-state index in [1.807, 2.05) is 0 Å². The summed E-state index contributed by atoms with van der Waals surface area (Å²) in [7, 11) is -1.86. The van der Waals surface area contributed by atoms with Crippen LogP contribution in [-0.2, 0) is 16.6 Å². The molecule has 0 spiro atoms. The molecule has 0 amide bonds. The summed E-state index contributed by atoms with van der Waals surface area (Å²) >= 11 is 0. The number of hydrogen-bond donors (Lipinski definition) is 2. The van der Waals surface area contributed by atoms with Crippen LogP contribution in [0.4, 0.5) is 14.5 Å². The van der Waals surface area contributed by atoms with E-state index in [1.54, 1.807) is 12.1 Å². The van der Waals surface area contributed by atoms with Crippen LogP contribution < -0.4 is 5.73 Å². The predicted octanol–water partition coefficient (Wildman–Crippen LogP) is 2.56. The minimum atomic E-state index is -1.86. The van der Waals surface area contributed by atoms with Crippen molar-refractivity contribution < 1.29 is 18.1 Å². The third kappa shape index (κ3) is 3.08. The van der Waals surface area contributed by atoms with Crippen molar-refractivity contribution in [1.29, 1.82) is 0 Å². The predicted molar refractivity (Wildman–Crippen MR) is 69.0 cm³/mol. The van der Waals surface area contributed by atoms with Crippen molar-refractivity contribution in [1.82, 2.24) is 0 Å². The molecule has 3 nitrogen and oxygen atoms in total. The largest absolute Gasteiger partial charge is 0.508 e. The van der Waals surface area contributed by atoms with E-state index in [9.17, 15) is 13.0 Å². The van der Waals surface area contributed by atoms with E-state index >= 15 is 0 Å². The van der Waals surface area contributed by atoms with Gasteiger partial charge in [-0.3, -0.25) is 4.21 Å². The number of phenols is 1. The fraction of sp³-hybridized carbons (Fsp3) is 0.0769. The number of benzene rings is 2. The molecule has 0 saturated carbocycles. The van der Waals surface area contributed by atoms with Gasteiger partial charge in [-0.2, -0.15) is 0 Å². The lowest BCUT2D eigenvalue weighted by Gasteiger charge is -2.06. The first-order valence-electron chi connectivity index (χ1n) is 5.38. The number of anilines is 1. The van der Waals surface area contributed by atoms with E-state index in [-0.39, 0.29) is 17.2 Å². The van der Waals surface area contributed by atoms with Gasteiger partial charge in [0.1, 0.15) is 22.3 Å². The normalized spacial score (nSPS) is 12.3. The molecule has 0 bridgehead atoms. The second-order valence-corrected chi connectivity index (χ2v) is 5.36. The van der Waals surface area contributed by atoms with Gasteiger partial charge in [0.25, 0.3) is 0 Å². The van der Waals surface area contributed by atoms with Crippen molar-refractivity contribution in [2.75, 3.05) is 5.73 Å². The summed E-state index contributed by atoms with van der Waals surface area (Å²) in [6.45, 7) is 0. The van der Waals surface area contributed by atoms with Gasteiger partial charge in [-0.1, -0.05) is 12.1 Å². The topological polar surface area (TPSA) is 63.3 Å². The monoisotopic (exact) mass is 283 g/mol. The Labute approximate surface area is 111 Å². The van der Waals surface area contributed by atoms with Crippen LogP contribution in [0.1, 0.15) is 5.56 Å². The van der Waals surface area contributed by atoms with Gasteiger partial charge < -0.3 is 10.8 Å². The molecule has 0 saturated heterocycles. The van der Waals surface area contributed by atoms with Gasteiger partial charge in [-0.05, 0) is 29.8 Å². The van der Waals surface area contributed by atoms with Crippen molar-refractivity contribution in [2.24, 2.45) is 0 Å². The molecule has 3 N–H and O–H groups in total. The quantitative estimate of drug-likeness (QED) is 0.851. The molecule has 19 heavy (non-hydrogen) atoms. The van der Waals surface area contributed by atoms with Crippen LogP contribution in [0.25, 0.3) is 0 Å². The first kappa shape index (κ1) is 13.5. The van der Waals surface area contributed by atoms with Crippen LogP contribution in [0.15, 0.2) is 41.3 Å². The molecule has 0 radical (unpaired) electrons. The summed E-state index contributed by atoms with van der Waals surface area (Å²) < 4.78 is 39.1. The zero-order valence-electron chi connectivity index (χ0n) is 9.77. The molecule has 0 aliphatic carbocycles. The molecule has 100 valence electrons. The number of aromatic hydroxyl groups is 1. The smallest absolute Gasteiger partial charge is 0.144 e. The highest BCUT2D eigenvalue weighted by Gasteiger charge is 2.17. The van der Waals surface area contributed by atoms with Crippen molar-refractivity contribution in [3.05, 3.63) is 53.6 Å². The molecule has 0 aliphatic heterocycles. The third-order valence-electron chi connectivity index (χ3n) is 2.48. The lowest BCUT2D eigenvalue weighted by molar-refractivity contribution is 0.475. The van der Waals surface area contributed by atoms with E-state index in [2.05, 4.69) is 0 Å². The van der Waals surface area contributed by atoms with Gasteiger partial charge >= 0.3 is 0 Å². The lowest BCUT2D eigenvalue weighted by atomic mass is 10.2. The molecule has 2 aromatic rings. The standard InChI is InChI=1S/C13H11F2NO2S/c14-11-5-9(16)6-12(15)13(11)19(18)7-8-1-3-10(17)4-2-8/h1-6,17H,7,16H2. The Kier molecular flexibility index (Phi) is 3.80. The Balaban J connectivity index is 2.28. The number of nitrogen functional groups attached to an aromatic ring is 1. The maximum atomic E-state index is 13.6. The SMILES string of the molecule is Nc1cc(F)c(S(=O)Cc2ccc(O)cc2)c(F)c1. The highest BCUT2D eigenvalue weighted by molar-refractivity contribution is 7.84. The maximum Gasteiger partial charge on any atom is 0.144 e. The average Bonchev–Trinajstić information content (AvgIpc) is 2.30. The Morgan fingerprint density at radius 3 is 2.16 bits per heavy atom. The summed E-state index contributed by atoms with van der Waals surface area (Å²) in [4.78, 5) is -0.484. The number of phenolic OH excluding ortho intramolecular Hbond substituents is 1. The van der Waals surface area contributed by atoms with E-state index in [0.29, 0.717) is 5.56 Å². The Bertz CT molecular complexity index is 606. The first-order chi connectivity index (χ1) is 8.97. The van der Waals surface area contributed by atoms with Gasteiger partial charge in [0.05, 0.1) is 16.6 Å². The highest BCUT2D eigenvalue weighted by atomic mass is 32.2. The summed E-state index contributed by atoms with van der Waals surface area (Å²) in [6, 6.07) is 7.80. The van der Waals surface area contributed by atoms with Gasteiger partial charge in [-0.15, -0.1) is 0 Å². The van der Waals surface area contributed by atoms with E-state index < -0.39 is 27.3 Å². The zero-order chi connectivity index (χ0) is 14.0. The molecule has 2 aromatic carbocycles. The van der Waals surface area contributed by atoms with Crippen molar-refractivity contribution >= 4 is 16.5 Å². The van der Waals surface area contributed by atoms with Crippen molar-refractivity contribution in [2.45, 2.75) is 10.6 Å².